The van der Waals surface area contributed by atoms with Crippen LogP contribution in [0.4, 0.5) is 0 Å². The van der Waals surface area contributed by atoms with Crippen LogP contribution in [0.3, 0.4) is 0 Å². The molecule has 0 heterocycles. The molecule has 0 spiro atoms. The normalized spacial score (nSPS) is 8.90. The van der Waals surface area contributed by atoms with E-state index >= 15 is 0 Å². The third kappa shape index (κ3) is 8.90. The van der Waals surface area contributed by atoms with E-state index in [9.17, 15) is 14.4 Å². The monoisotopic (exact) mass is 470 g/mol. The van der Waals surface area contributed by atoms with Crippen LogP contribution in [0.25, 0.3) is 0 Å². The van der Waals surface area contributed by atoms with Gasteiger partial charge >= 0.3 is 17.9 Å². The summed E-state index contributed by atoms with van der Waals surface area (Å²) in [6.45, 7) is 0. The molecule has 6 N–H and O–H groups in total. The van der Waals surface area contributed by atoms with Crippen molar-refractivity contribution in [3.8, 4) is 17.2 Å². The van der Waals surface area contributed by atoms with Gasteiger partial charge in [0, 0.05) is 17.1 Å². The summed E-state index contributed by atoms with van der Waals surface area (Å²) in [6.07, 6.45) is 0. The molecule has 0 unspecified atom stereocenters. The predicted octanol–water partition coefficient (Wildman–Crippen LogP) is 3.27. The Morgan fingerprint density at radius 1 is 0.452 bits per heavy atom. The Bertz CT molecular complexity index is 903. The zero-order valence-corrected chi connectivity index (χ0v) is 16.8. The summed E-state index contributed by atoms with van der Waals surface area (Å²) in [5, 5.41) is 51.9. The molecule has 0 aliphatic carbocycles. The molecule has 10 heteroatoms. The van der Waals surface area contributed by atoms with E-state index in [0.29, 0.717) is 0 Å². The molecule has 0 radical (unpaired) electrons. The Morgan fingerprint density at radius 2 is 0.645 bits per heavy atom. The molecule has 0 saturated heterocycles. The summed E-state index contributed by atoms with van der Waals surface area (Å²) in [4.78, 5) is 30.8. The molecule has 0 atom stereocenters. The molecule has 3 rings (SSSR count). The number of aromatic carboxylic acids is 3. The third-order valence-electron chi connectivity index (χ3n) is 3.40. The molecular formula is C21H18FeO9. The number of phenols is 3. The molecule has 3 aromatic rings. The van der Waals surface area contributed by atoms with Gasteiger partial charge in [0.05, 0.1) is 0 Å². The molecule has 0 aromatic heterocycles. The zero-order valence-electron chi connectivity index (χ0n) is 15.7. The van der Waals surface area contributed by atoms with Gasteiger partial charge in [-0.05, 0) is 36.4 Å². The van der Waals surface area contributed by atoms with Crippen molar-refractivity contribution in [2.24, 2.45) is 0 Å². The topological polar surface area (TPSA) is 173 Å². The molecule has 0 aliphatic heterocycles. The third-order valence-corrected chi connectivity index (χ3v) is 3.40. The van der Waals surface area contributed by atoms with Gasteiger partial charge in [-0.1, -0.05) is 36.4 Å². The van der Waals surface area contributed by atoms with Crippen LogP contribution in [0.5, 0.6) is 17.2 Å². The molecular weight excluding hydrogens is 452 g/mol. The first-order valence-corrected chi connectivity index (χ1v) is 8.19. The summed E-state index contributed by atoms with van der Waals surface area (Å²) in [5.74, 6) is -3.94. The Balaban J connectivity index is 0.000000429. The molecule has 9 nitrogen and oxygen atoms in total. The van der Waals surface area contributed by atoms with Gasteiger partial charge in [-0.15, -0.1) is 0 Å². The van der Waals surface area contributed by atoms with E-state index in [2.05, 4.69) is 0 Å². The van der Waals surface area contributed by atoms with Gasteiger partial charge in [-0.2, -0.15) is 0 Å². The first kappa shape index (κ1) is 27.0. The largest absolute Gasteiger partial charge is 0.507 e. The molecule has 0 saturated carbocycles. The first-order chi connectivity index (χ1) is 14.1. The van der Waals surface area contributed by atoms with Crippen molar-refractivity contribution >= 4 is 17.9 Å². The second-order valence-electron chi connectivity index (χ2n) is 5.47. The van der Waals surface area contributed by atoms with E-state index in [-0.39, 0.29) is 51.0 Å². The van der Waals surface area contributed by atoms with E-state index in [1.807, 2.05) is 0 Å². The number of rotatable bonds is 3. The van der Waals surface area contributed by atoms with Crippen molar-refractivity contribution in [3.05, 3.63) is 89.5 Å². The average Bonchev–Trinajstić information content (AvgIpc) is 2.69. The minimum atomic E-state index is -1.11. The molecule has 164 valence electrons. The van der Waals surface area contributed by atoms with Crippen LogP contribution in [0.2, 0.25) is 0 Å². The van der Waals surface area contributed by atoms with Crippen LogP contribution >= 0.6 is 0 Å². The maximum Gasteiger partial charge on any atom is 0.339 e. The van der Waals surface area contributed by atoms with Crippen LogP contribution in [-0.2, 0) is 17.1 Å². The van der Waals surface area contributed by atoms with Gasteiger partial charge in [0.15, 0.2) is 0 Å². The van der Waals surface area contributed by atoms with Gasteiger partial charge in [0.2, 0.25) is 0 Å². The number of hydrogen-bond donors (Lipinski definition) is 6. The smallest absolute Gasteiger partial charge is 0.339 e. The van der Waals surface area contributed by atoms with Gasteiger partial charge in [-0.25, -0.2) is 14.4 Å². The molecule has 0 amide bonds. The van der Waals surface area contributed by atoms with E-state index in [1.165, 1.54) is 36.4 Å². The first-order valence-electron chi connectivity index (χ1n) is 8.19. The molecule has 0 bridgehead atoms. The quantitative estimate of drug-likeness (QED) is 0.314. The Hall–Kier alpha value is -4.01. The number of aromatic hydroxyl groups is 3. The fourth-order valence-corrected chi connectivity index (χ4v) is 1.96. The number of carbonyl (C=O) groups is 3. The molecule has 3 aromatic carbocycles. The number of hydrogen-bond acceptors (Lipinski definition) is 6. The summed E-state index contributed by atoms with van der Waals surface area (Å²) < 4.78 is 0. The van der Waals surface area contributed by atoms with Gasteiger partial charge in [0.1, 0.15) is 33.9 Å². The fourth-order valence-electron chi connectivity index (χ4n) is 1.96. The zero-order chi connectivity index (χ0) is 22.7. The van der Waals surface area contributed by atoms with Crippen LogP contribution in [0.1, 0.15) is 31.1 Å². The second-order valence-corrected chi connectivity index (χ2v) is 5.47. The van der Waals surface area contributed by atoms with Gasteiger partial charge in [0.25, 0.3) is 0 Å². The fraction of sp³-hybridized carbons (Fsp3) is 0. The summed E-state index contributed by atoms with van der Waals surface area (Å²) in [5.41, 5.74) is -0.201. The standard InChI is InChI=1S/3C7H6O3.Fe/c3*8-6-4-2-1-3-5(6)7(9)10;/h3*1-4,8H,(H,9,10);. The van der Waals surface area contributed by atoms with Crippen LogP contribution in [0, 0.1) is 0 Å². The summed E-state index contributed by atoms with van der Waals surface area (Å²) in [6, 6.07) is 17.4. The number of para-hydroxylation sites is 3. The maximum atomic E-state index is 10.3. The summed E-state index contributed by atoms with van der Waals surface area (Å²) >= 11 is 0. The van der Waals surface area contributed by atoms with Crippen LogP contribution in [0.15, 0.2) is 72.8 Å². The van der Waals surface area contributed by atoms with Crippen molar-refractivity contribution < 1.29 is 62.1 Å². The Kier molecular flexibility index (Phi) is 11.5. The SMILES string of the molecule is O=C(O)c1ccccc1O.O=C(O)c1ccccc1O.O=C(O)c1ccccc1O.[Fe]. The summed E-state index contributed by atoms with van der Waals surface area (Å²) in [7, 11) is 0. The number of benzene rings is 3. The minimum absolute atomic E-state index is 0. The van der Waals surface area contributed by atoms with Crippen molar-refractivity contribution in [1.82, 2.24) is 0 Å². The van der Waals surface area contributed by atoms with Crippen molar-refractivity contribution in [1.29, 1.82) is 0 Å². The molecule has 0 aliphatic rings. The van der Waals surface area contributed by atoms with Gasteiger partial charge in [-0.3, -0.25) is 0 Å². The Labute approximate surface area is 186 Å². The van der Waals surface area contributed by atoms with E-state index in [0.717, 1.165) is 0 Å². The predicted molar refractivity (Wildman–Crippen MR) is 105 cm³/mol. The van der Waals surface area contributed by atoms with Crippen LogP contribution < -0.4 is 0 Å². The second kappa shape index (κ2) is 13.3. The number of carboxylic acid groups (broad SMARTS) is 3. The average molecular weight is 470 g/mol. The van der Waals surface area contributed by atoms with Crippen molar-refractivity contribution in [3.63, 3.8) is 0 Å². The Morgan fingerprint density at radius 3 is 0.774 bits per heavy atom. The van der Waals surface area contributed by atoms with Gasteiger partial charge < -0.3 is 30.6 Å². The van der Waals surface area contributed by atoms with E-state index in [4.69, 9.17) is 30.6 Å². The van der Waals surface area contributed by atoms with Crippen molar-refractivity contribution in [2.75, 3.05) is 0 Å². The molecule has 31 heavy (non-hydrogen) atoms. The maximum absolute atomic E-state index is 10.3. The molecule has 0 fully saturated rings. The van der Waals surface area contributed by atoms with E-state index in [1.54, 1.807) is 36.4 Å². The van der Waals surface area contributed by atoms with E-state index < -0.39 is 17.9 Å². The number of carboxylic acids is 3. The minimum Gasteiger partial charge on any atom is -0.507 e. The van der Waals surface area contributed by atoms with Crippen molar-refractivity contribution in [2.45, 2.75) is 0 Å². The van der Waals surface area contributed by atoms with Crippen LogP contribution in [-0.4, -0.2) is 48.5 Å².